The van der Waals surface area contributed by atoms with Crippen LogP contribution in [0.4, 0.5) is 10.1 Å². The van der Waals surface area contributed by atoms with Gasteiger partial charge in [0.15, 0.2) is 0 Å². The number of nitrogens with two attached hydrogens (primary N) is 1. The first-order chi connectivity index (χ1) is 7.54. The first-order valence-electron chi connectivity index (χ1n) is 4.94. The van der Waals surface area contributed by atoms with Crippen LogP contribution >= 0.6 is 0 Å². The Balaban J connectivity index is 2.94. The lowest BCUT2D eigenvalue weighted by atomic mass is 10.1. The minimum absolute atomic E-state index is 0.374. The van der Waals surface area contributed by atoms with Crippen LogP contribution in [0.25, 0.3) is 10.9 Å². The van der Waals surface area contributed by atoms with Gasteiger partial charge < -0.3 is 10.5 Å². The van der Waals surface area contributed by atoms with Crippen molar-refractivity contribution in [2.75, 3.05) is 12.8 Å². The second-order valence-electron chi connectivity index (χ2n) is 3.74. The molecule has 0 aliphatic heterocycles. The molecule has 0 aliphatic rings. The molecular weight excluding hydrogens is 207 g/mol. The Morgan fingerprint density at radius 3 is 2.62 bits per heavy atom. The summed E-state index contributed by atoms with van der Waals surface area (Å²) in [4.78, 5) is 4.38. The van der Waals surface area contributed by atoms with Crippen LogP contribution in [0.3, 0.4) is 0 Å². The molecule has 0 fully saturated rings. The maximum Gasteiger partial charge on any atom is 0.148 e. The van der Waals surface area contributed by atoms with Gasteiger partial charge in [-0.05, 0) is 25.5 Å². The van der Waals surface area contributed by atoms with E-state index in [0.29, 0.717) is 22.3 Å². The summed E-state index contributed by atoms with van der Waals surface area (Å²) in [5.41, 5.74) is 8.81. The molecule has 0 aliphatic carbocycles. The van der Waals surface area contributed by atoms with Crippen molar-refractivity contribution in [3.8, 4) is 5.75 Å². The van der Waals surface area contributed by atoms with Crippen molar-refractivity contribution in [1.82, 2.24) is 4.98 Å². The van der Waals surface area contributed by atoms with Crippen molar-refractivity contribution in [2.45, 2.75) is 13.8 Å². The van der Waals surface area contributed by atoms with Crippen molar-refractivity contribution in [3.63, 3.8) is 0 Å². The summed E-state index contributed by atoms with van der Waals surface area (Å²) in [6, 6.07) is 2.69. The number of ether oxygens (including phenoxy) is 1. The highest BCUT2D eigenvalue weighted by Crippen LogP contribution is 2.31. The zero-order valence-electron chi connectivity index (χ0n) is 9.47. The van der Waals surface area contributed by atoms with Crippen LogP contribution in [-0.2, 0) is 0 Å². The van der Waals surface area contributed by atoms with E-state index in [1.807, 2.05) is 13.8 Å². The number of pyridine rings is 1. The summed E-state index contributed by atoms with van der Waals surface area (Å²) in [7, 11) is 1.49. The molecule has 0 spiro atoms. The number of halogens is 1. The minimum atomic E-state index is -0.374. The third-order valence-corrected chi connectivity index (χ3v) is 2.78. The van der Waals surface area contributed by atoms with Gasteiger partial charge in [0, 0.05) is 22.8 Å². The van der Waals surface area contributed by atoms with Gasteiger partial charge in [-0.2, -0.15) is 0 Å². The molecule has 4 heteroatoms. The molecule has 1 aromatic carbocycles. The predicted octanol–water partition coefficient (Wildman–Crippen LogP) is 2.58. The molecule has 0 radical (unpaired) electrons. The second-order valence-corrected chi connectivity index (χ2v) is 3.74. The fourth-order valence-electron chi connectivity index (χ4n) is 1.70. The monoisotopic (exact) mass is 220 g/mol. The van der Waals surface area contributed by atoms with Crippen LogP contribution in [0, 0.1) is 19.7 Å². The predicted molar refractivity (Wildman–Crippen MR) is 62.1 cm³/mol. The molecule has 0 unspecified atom stereocenters. The van der Waals surface area contributed by atoms with Gasteiger partial charge in [0.1, 0.15) is 17.1 Å². The number of benzene rings is 1. The second kappa shape index (κ2) is 3.63. The number of nitrogen functional groups attached to an aromatic ring is 1. The smallest absolute Gasteiger partial charge is 0.148 e. The number of fused-ring (bicyclic) bond motifs is 1. The van der Waals surface area contributed by atoms with E-state index in [0.717, 1.165) is 11.3 Å². The lowest BCUT2D eigenvalue weighted by Gasteiger charge is -2.11. The first-order valence-corrected chi connectivity index (χ1v) is 4.94. The summed E-state index contributed by atoms with van der Waals surface area (Å²) >= 11 is 0. The Hall–Kier alpha value is -1.84. The fourth-order valence-corrected chi connectivity index (χ4v) is 1.70. The van der Waals surface area contributed by atoms with E-state index >= 15 is 0 Å². The van der Waals surface area contributed by atoms with Crippen LogP contribution in [-0.4, -0.2) is 12.1 Å². The van der Waals surface area contributed by atoms with Crippen molar-refractivity contribution in [2.24, 2.45) is 0 Å². The van der Waals surface area contributed by atoms with Gasteiger partial charge in [-0.15, -0.1) is 0 Å². The van der Waals surface area contributed by atoms with E-state index in [1.165, 1.54) is 19.2 Å². The normalized spacial score (nSPS) is 10.8. The Morgan fingerprint density at radius 1 is 1.31 bits per heavy atom. The van der Waals surface area contributed by atoms with Crippen molar-refractivity contribution < 1.29 is 9.13 Å². The number of nitrogens with zero attached hydrogens (tertiary/aromatic N) is 1. The minimum Gasteiger partial charge on any atom is -0.494 e. The summed E-state index contributed by atoms with van der Waals surface area (Å²) in [5, 5.41) is 0.597. The Kier molecular flexibility index (Phi) is 2.42. The number of hydrogen-bond acceptors (Lipinski definition) is 3. The third-order valence-electron chi connectivity index (χ3n) is 2.78. The quantitative estimate of drug-likeness (QED) is 0.803. The van der Waals surface area contributed by atoms with Crippen LogP contribution in [0.1, 0.15) is 11.3 Å². The van der Waals surface area contributed by atoms with Gasteiger partial charge in [-0.3, -0.25) is 0 Å². The van der Waals surface area contributed by atoms with Crippen LogP contribution in [0.15, 0.2) is 12.1 Å². The van der Waals surface area contributed by atoms with E-state index < -0.39 is 0 Å². The van der Waals surface area contributed by atoms with Crippen LogP contribution in [0.2, 0.25) is 0 Å². The van der Waals surface area contributed by atoms with Gasteiger partial charge in [0.05, 0.1) is 7.11 Å². The topological polar surface area (TPSA) is 48.1 Å². The van der Waals surface area contributed by atoms with E-state index in [2.05, 4.69) is 4.98 Å². The standard InChI is InChI=1S/C12H13FN2O/c1-6-7(2)15-12-9(11(6)14)4-8(13)5-10(12)16-3/h4-5H,1-3H3,(H2,14,15). The van der Waals surface area contributed by atoms with Crippen molar-refractivity contribution in [3.05, 3.63) is 29.2 Å². The largest absolute Gasteiger partial charge is 0.494 e. The Morgan fingerprint density at radius 2 is 2.00 bits per heavy atom. The summed E-state index contributed by atoms with van der Waals surface area (Å²) in [5.74, 6) is 0.0332. The zero-order valence-corrected chi connectivity index (χ0v) is 9.47. The molecule has 1 aromatic heterocycles. The van der Waals surface area contributed by atoms with Crippen LogP contribution in [0.5, 0.6) is 5.75 Å². The molecule has 2 N–H and O–H groups in total. The molecule has 16 heavy (non-hydrogen) atoms. The number of hydrogen-bond donors (Lipinski definition) is 1. The average molecular weight is 220 g/mol. The molecule has 1 heterocycles. The zero-order chi connectivity index (χ0) is 11.9. The van der Waals surface area contributed by atoms with Gasteiger partial charge in [0.25, 0.3) is 0 Å². The van der Waals surface area contributed by atoms with Crippen molar-refractivity contribution in [1.29, 1.82) is 0 Å². The molecule has 3 nitrogen and oxygen atoms in total. The van der Waals surface area contributed by atoms with Gasteiger partial charge >= 0.3 is 0 Å². The lowest BCUT2D eigenvalue weighted by molar-refractivity contribution is 0.415. The van der Waals surface area contributed by atoms with Gasteiger partial charge in [0.2, 0.25) is 0 Å². The molecule has 0 saturated heterocycles. The highest BCUT2D eigenvalue weighted by atomic mass is 19.1. The van der Waals surface area contributed by atoms with E-state index in [9.17, 15) is 4.39 Å². The molecule has 0 amide bonds. The highest BCUT2D eigenvalue weighted by molar-refractivity contribution is 5.95. The van der Waals surface area contributed by atoms with Gasteiger partial charge in [-0.1, -0.05) is 0 Å². The van der Waals surface area contributed by atoms with Gasteiger partial charge in [-0.25, -0.2) is 9.37 Å². The molecule has 0 atom stereocenters. The molecule has 2 aromatic rings. The van der Waals surface area contributed by atoms with E-state index in [-0.39, 0.29) is 5.82 Å². The molecule has 2 rings (SSSR count). The molecule has 0 saturated carbocycles. The summed E-state index contributed by atoms with van der Waals surface area (Å²) in [6.07, 6.45) is 0. The SMILES string of the molecule is COc1cc(F)cc2c(N)c(C)c(C)nc12. The van der Waals surface area contributed by atoms with E-state index in [4.69, 9.17) is 10.5 Å². The molecule has 0 bridgehead atoms. The average Bonchev–Trinajstić information content (AvgIpc) is 2.26. The maximum atomic E-state index is 13.3. The van der Waals surface area contributed by atoms with E-state index in [1.54, 1.807) is 0 Å². The van der Waals surface area contributed by atoms with Crippen LogP contribution < -0.4 is 10.5 Å². The Labute approximate surface area is 93.0 Å². The Bertz CT molecular complexity index is 567. The number of anilines is 1. The summed E-state index contributed by atoms with van der Waals surface area (Å²) in [6.45, 7) is 3.74. The number of aromatic nitrogens is 1. The first kappa shape index (κ1) is 10.7. The molecule has 84 valence electrons. The highest BCUT2D eigenvalue weighted by Gasteiger charge is 2.12. The maximum absolute atomic E-state index is 13.3. The number of aryl methyl sites for hydroxylation is 1. The lowest BCUT2D eigenvalue weighted by Crippen LogP contribution is -1.99. The van der Waals surface area contributed by atoms with Crippen molar-refractivity contribution >= 4 is 16.6 Å². The summed E-state index contributed by atoms with van der Waals surface area (Å²) < 4.78 is 18.4. The fraction of sp³-hybridized carbons (Fsp3) is 0.250. The molecular formula is C12H13FN2O. The number of rotatable bonds is 1. The third kappa shape index (κ3) is 1.46. The number of methoxy groups -OCH3 is 1.